The van der Waals surface area contributed by atoms with E-state index in [1.54, 1.807) is 0 Å². The summed E-state index contributed by atoms with van der Waals surface area (Å²) in [4.78, 5) is 26.0. The number of carboxylic acids is 1. The van der Waals surface area contributed by atoms with Crippen LogP contribution in [0.15, 0.2) is 17.1 Å². The second-order valence-corrected chi connectivity index (χ2v) is 3.47. The lowest BCUT2D eigenvalue weighted by atomic mass is 9.96. The van der Waals surface area contributed by atoms with Gasteiger partial charge in [0.2, 0.25) is 0 Å². The molecule has 0 aliphatic carbocycles. The number of nitrogens with one attached hydrogen (secondary N) is 1. The number of oxazole rings is 1. The molecule has 1 fully saturated rings. The molecule has 1 aliphatic rings. The first kappa shape index (κ1) is 9.85. The number of carboxylic acid groups (broad SMARTS) is 1. The maximum absolute atomic E-state index is 11.3. The molecule has 0 spiro atoms. The highest BCUT2D eigenvalue weighted by molar-refractivity contribution is 5.87. The van der Waals surface area contributed by atoms with Crippen molar-refractivity contribution in [3.05, 3.63) is 18.4 Å². The molecule has 1 aliphatic heterocycles. The van der Waals surface area contributed by atoms with Gasteiger partial charge in [0.25, 0.3) is 0 Å². The fourth-order valence-corrected chi connectivity index (χ4v) is 1.64. The Morgan fingerprint density at radius 3 is 3.00 bits per heavy atom. The van der Waals surface area contributed by atoms with Crippen molar-refractivity contribution in [2.75, 3.05) is 0 Å². The summed E-state index contributed by atoms with van der Waals surface area (Å²) < 4.78 is 4.79. The van der Waals surface area contributed by atoms with Crippen LogP contribution in [0.3, 0.4) is 0 Å². The quantitative estimate of drug-likeness (QED) is 0.720. The number of carbonyl (C=O) groups excluding carboxylic acids is 1. The van der Waals surface area contributed by atoms with Gasteiger partial charge >= 0.3 is 5.97 Å². The highest BCUT2D eigenvalue weighted by atomic mass is 16.4. The molecular formula is C9H10N2O4. The number of aliphatic carboxylic acids is 1. The minimum atomic E-state index is -1.02. The second kappa shape index (κ2) is 3.82. The van der Waals surface area contributed by atoms with Gasteiger partial charge < -0.3 is 9.52 Å². The van der Waals surface area contributed by atoms with Gasteiger partial charge in [-0.25, -0.2) is 4.98 Å². The van der Waals surface area contributed by atoms with Crippen LogP contribution in [-0.4, -0.2) is 27.9 Å². The lowest BCUT2D eigenvalue weighted by molar-refractivity contribution is -0.143. The summed E-state index contributed by atoms with van der Waals surface area (Å²) in [6.07, 6.45) is 2.96. The van der Waals surface area contributed by atoms with Crippen LogP contribution in [0.25, 0.3) is 0 Å². The molecular weight excluding hydrogens is 200 g/mol. The summed E-state index contributed by atoms with van der Waals surface area (Å²) in [7, 11) is 0. The first-order chi connectivity index (χ1) is 7.16. The van der Waals surface area contributed by atoms with E-state index in [1.165, 1.54) is 12.7 Å². The van der Waals surface area contributed by atoms with Crippen molar-refractivity contribution in [1.82, 2.24) is 10.3 Å². The van der Waals surface area contributed by atoms with Crippen LogP contribution in [0.2, 0.25) is 0 Å². The average Bonchev–Trinajstić information content (AvgIpc) is 2.69. The van der Waals surface area contributed by atoms with Crippen molar-refractivity contribution in [3.63, 3.8) is 0 Å². The number of Topliss-reactive ketones (excluding diaryl/α,β-unsaturated/α-hetero) is 1. The van der Waals surface area contributed by atoms with Crippen molar-refractivity contribution in [2.24, 2.45) is 0 Å². The SMILES string of the molecule is O=C1CC(C(=O)O)NC(c2cocn2)C1. The monoisotopic (exact) mass is 210 g/mol. The molecule has 2 atom stereocenters. The van der Waals surface area contributed by atoms with Gasteiger partial charge in [-0.2, -0.15) is 0 Å². The molecule has 1 saturated heterocycles. The lowest BCUT2D eigenvalue weighted by Crippen LogP contribution is -2.45. The predicted molar refractivity (Wildman–Crippen MR) is 48.0 cm³/mol. The first-order valence-electron chi connectivity index (χ1n) is 4.55. The van der Waals surface area contributed by atoms with Crippen LogP contribution in [0.4, 0.5) is 0 Å². The minimum Gasteiger partial charge on any atom is -0.480 e. The molecule has 1 aromatic heterocycles. The number of carbonyl (C=O) groups is 2. The number of hydrogen-bond acceptors (Lipinski definition) is 5. The lowest BCUT2D eigenvalue weighted by Gasteiger charge is -2.26. The number of piperidine rings is 1. The topological polar surface area (TPSA) is 92.4 Å². The summed E-state index contributed by atoms with van der Waals surface area (Å²) in [5.41, 5.74) is 0.564. The van der Waals surface area contributed by atoms with Crippen LogP contribution in [0.5, 0.6) is 0 Å². The van der Waals surface area contributed by atoms with Gasteiger partial charge in [-0.1, -0.05) is 0 Å². The van der Waals surface area contributed by atoms with E-state index in [1.807, 2.05) is 0 Å². The Bertz CT molecular complexity index is 373. The Balaban J connectivity index is 2.14. The van der Waals surface area contributed by atoms with E-state index in [2.05, 4.69) is 10.3 Å². The zero-order valence-electron chi connectivity index (χ0n) is 7.84. The number of nitrogens with zero attached hydrogens (tertiary/aromatic N) is 1. The van der Waals surface area contributed by atoms with Crippen molar-refractivity contribution in [2.45, 2.75) is 24.9 Å². The van der Waals surface area contributed by atoms with Crippen LogP contribution >= 0.6 is 0 Å². The standard InChI is InChI=1S/C9H10N2O4/c12-5-1-6(8-3-15-4-10-8)11-7(2-5)9(13)14/h3-4,6-7,11H,1-2H2,(H,13,14). The first-order valence-corrected chi connectivity index (χ1v) is 4.55. The molecule has 0 saturated carbocycles. The highest BCUT2D eigenvalue weighted by Gasteiger charge is 2.32. The minimum absolute atomic E-state index is 0.0314. The second-order valence-electron chi connectivity index (χ2n) is 3.47. The van der Waals surface area contributed by atoms with E-state index in [0.29, 0.717) is 5.69 Å². The third-order valence-electron chi connectivity index (χ3n) is 2.37. The maximum Gasteiger partial charge on any atom is 0.321 e. The fourth-order valence-electron chi connectivity index (χ4n) is 1.64. The van der Waals surface area contributed by atoms with Crippen LogP contribution < -0.4 is 5.32 Å². The molecule has 0 aromatic carbocycles. The number of aromatic nitrogens is 1. The van der Waals surface area contributed by atoms with E-state index in [4.69, 9.17) is 9.52 Å². The highest BCUT2D eigenvalue weighted by Crippen LogP contribution is 2.22. The normalized spacial score (nSPS) is 26.5. The largest absolute Gasteiger partial charge is 0.480 e. The van der Waals surface area contributed by atoms with Crippen molar-refractivity contribution >= 4 is 11.8 Å². The zero-order valence-corrected chi connectivity index (χ0v) is 7.84. The Hall–Kier alpha value is -1.69. The van der Waals surface area contributed by atoms with E-state index in [-0.39, 0.29) is 24.7 Å². The molecule has 2 N–H and O–H groups in total. The van der Waals surface area contributed by atoms with E-state index in [0.717, 1.165) is 0 Å². The van der Waals surface area contributed by atoms with Crippen molar-refractivity contribution in [3.8, 4) is 0 Å². The Morgan fingerprint density at radius 2 is 2.40 bits per heavy atom. The van der Waals surface area contributed by atoms with Gasteiger partial charge in [0.1, 0.15) is 18.1 Å². The summed E-state index contributed by atoms with van der Waals surface area (Å²) in [6.45, 7) is 0. The molecule has 80 valence electrons. The third kappa shape index (κ3) is 2.04. The van der Waals surface area contributed by atoms with Crippen molar-refractivity contribution < 1.29 is 19.1 Å². The molecule has 6 heteroatoms. The van der Waals surface area contributed by atoms with Crippen molar-refractivity contribution in [1.29, 1.82) is 0 Å². The number of ketones is 1. The van der Waals surface area contributed by atoms with Gasteiger partial charge in [0, 0.05) is 12.8 Å². The summed E-state index contributed by atoms with van der Waals surface area (Å²) in [5, 5.41) is 11.7. The molecule has 0 bridgehead atoms. The summed E-state index contributed by atoms with van der Waals surface area (Å²) >= 11 is 0. The van der Waals surface area contributed by atoms with Gasteiger partial charge in [-0.15, -0.1) is 0 Å². The Morgan fingerprint density at radius 1 is 1.60 bits per heavy atom. The zero-order chi connectivity index (χ0) is 10.8. The molecule has 15 heavy (non-hydrogen) atoms. The number of rotatable bonds is 2. The van der Waals surface area contributed by atoms with Gasteiger partial charge in [0.05, 0.1) is 11.7 Å². The predicted octanol–water partition coefficient (Wildman–Crippen LogP) is 0.121. The summed E-state index contributed by atoms with van der Waals surface area (Å²) in [6, 6.07) is -1.18. The van der Waals surface area contributed by atoms with E-state index >= 15 is 0 Å². The summed E-state index contributed by atoms with van der Waals surface area (Å²) in [5.74, 6) is -1.09. The fraction of sp³-hybridized carbons (Fsp3) is 0.444. The average molecular weight is 210 g/mol. The molecule has 2 rings (SSSR count). The third-order valence-corrected chi connectivity index (χ3v) is 2.37. The van der Waals surface area contributed by atoms with E-state index in [9.17, 15) is 9.59 Å². The molecule has 0 amide bonds. The van der Waals surface area contributed by atoms with Crippen LogP contribution in [0.1, 0.15) is 24.6 Å². The van der Waals surface area contributed by atoms with E-state index < -0.39 is 12.0 Å². The molecule has 6 nitrogen and oxygen atoms in total. The van der Waals surface area contributed by atoms with Crippen LogP contribution in [-0.2, 0) is 9.59 Å². The molecule has 0 radical (unpaired) electrons. The molecule has 2 unspecified atom stereocenters. The maximum atomic E-state index is 11.3. The van der Waals surface area contributed by atoms with Gasteiger partial charge in [-0.3, -0.25) is 14.9 Å². The molecule has 2 heterocycles. The molecule has 1 aromatic rings. The van der Waals surface area contributed by atoms with Gasteiger partial charge in [0.15, 0.2) is 6.39 Å². The smallest absolute Gasteiger partial charge is 0.321 e. The van der Waals surface area contributed by atoms with Gasteiger partial charge in [-0.05, 0) is 0 Å². The Kier molecular flexibility index (Phi) is 2.51. The van der Waals surface area contributed by atoms with Crippen LogP contribution in [0, 0.1) is 0 Å². The number of hydrogen-bond donors (Lipinski definition) is 2. The Labute approximate surface area is 85.3 Å².